The number of carbonyl (C=O) groups excluding carboxylic acids is 1. The van der Waals surface area contributed by atoms with Crippen LogP contribution in [0.5, 0.6) is 0 Å². The van der Waals surface area contributed by atoms with E-state index in [-0.39, 0.29) is 5.91 Å². The zero-order chi connectivity index (χ0) is 12.3. The van der Waals surface area contributed by atoms with Crippen molar-refractivity contribution in [1.29, 1.82) is 0 Å². The van der Waals surface area contributed by atoms with Gasteiger partial charge in [-0.1, -0.05) is 6.08 Å². The molecular formula is C12H17N3OS. The van der Waals surface area contributed by atoms with Gasteiger partial charge in [0, 0.05) is 25.0 Å². The Morgan fingerprint density at radius 2 is 2.35 bits per heavy atom. The highest BCUT2D eigenvalue weighted by Crippen LogP contribution is 2.20. The second kappa shape index (κ2) is 5.42. The fraction of sp³-hybridized carbons (Fsp3) is 0.500. The molecule has 1 fully saturated rings. The van der Waals surface area contributed by atoms with Crippen molar-refractivity contribution in [2.24, 2.45) is 11.7 Å². The lowest BCUT2D eigenvalue weighted by atomic mass is 9.97. The molecule has 1 saturated heterocycles. The average molecular weight is 251 g/mol. The fourth-order valence-corrected chi connectivity index (χ4v) is 2.65. The molecule has 0 atom stereocenters. The van der Waals surface area contributed by atoms with Crippen LogP contribution in [0, 0.1) is 5.92 Å². The molecule has 1 aliphatic heterocycles. The number of hydrogen-bond donors (Lipinski definition) is 1. The zero-order valence-electron chi connectivity index (χ0n) is 9.76. The van der Waals surface area contributed by atoms with Crippen molar-refractivity contribution in [3.05, 3.63) is 28.7 Å². The standard InChI is InChI=1S/C12H17N3OS/c1-2-9-3-5-15(6-4-9)12(16)10-8-17-11(7-13)14-10/h2,8-9H,1,3-7,13H2. The first kappa shape index (κ1) is 12.3. The number of hydrogen-bond acceptors (Lipinski definition) is 4. The Balaban J connectivity index is 1.98. The summed E-state index contributed by atoms with van der Waals surface area (Å²) in [5, 5.41) is 2.61. The maximum Gasteiger partial charge on any atom is 0.273 e. The van der Waals surface area contributed by atoms with Gasteiger partial charge < -0.3 is 10.6 Å². The van der Waals surface area contributed by atoms with Crippen LogP contribution in [-0.4, -0.2) is 28.9 Å². The smallest absolute Gasteiger partial charge is 0.273 e. The number of piperidine rings is 1. The number of nitrogens with two attached hydrogens (primary N) is 1. The third-order valence-electron chi connectivity index (χ3n) is 3.11. The maximum atomic E-state index is 12.1. The molecule has 17 heavy (non-hydrogen) atoms. The SMILES string of the molecule is C=CC1CCN(C(=O)c2csc(CN)n2)CC1. The van der Waals surface area contributed by atoms with Crippen LogP contribution in [0.15, 0.2) is 18.0 Å². The van der Waals surface area contributed by atoms with Crippen LogP contribution in [0.3, 0.4) is 0 Å². The van der Waals surface area contributed by atoms with Gasteiger partial charge in [0.05, 0.1) is 0 Å². The molecule has 2 heterocycles. The molecule has 0 aromatic carbocycles. The van der Waals surface area contributed by atoms with Gasteiger partial charge in [0.15, 0.2) is 0 Å². The third kappa shape index (κ3) is 2.73. The Morgan fingerprint density at radius 1 is 1.65 bits per heavy atom. The monoisotopic (exact) mass is 251 g/mol. The number of likely N-dealkylation sites (tertiary alicyclic amines) is 1. The highest BCUT2D eigenvalue weighted by atomic mass is 32.1. The third-order valence-corrected chi connectivity index (χ3v) is 3.98. The van der Waals surface area contributed by atoms with Crippen molar-refractivity contribution in [1.82, 2.24) is 9.88 Å². The second-order valence-corrected chi connectivity index (χ2v) is 5.14. The highest BCUT2D eigenvalue weighted by molar-refractivity contribution is 7.09. The first-order valence-electron chi connectivity index (χ1n) is 5.81. The van der Waals surface area contributed by atoms with E-state index in [1.54, 1.807) is 5.38 Å². The van der Waals surface area contributed by atoms with Crippen molar-refractivity contribution in [2.75, 3.05) is 13.1 Å². The normalized spacial score (nSPS) is 17.1. The van der Waals surface area contributed by atoms with Crippen LogP contribution < -0.4 is 5.73 Å². The van der Waals surface area contributed by atoms with Crippen LogP contribution in [0.4, 0.5) is 0 Å². The molecule has 4 nitrogen and oxygen atoms in total. The van der Waals surface area contributed by atoms with Gasteiger partial charge in [0.2, 0.25) is 0 Å². The molecule has 92 valence electrons. The van der Waals surface area contributed by atoms with E-state index in [1.807, 2.05) is 11.0 Å². The average Bonchev–Trinajstić information content (AvgIpc) is 2.87. The molecule has 0 spiro atoms. The van der Waals surface area contributed by atoms with Crippen molar-refractivity contribution >= 4 is 17.2 Å². The van der Waals surface area contributed by atoms with E-state index >= 15 is 0 Å². The molecule has 0 unspecified atom stereocenters. The Hall–Kier alpha value is -1.20. The largest absolute Gasteiger partial charge is 0.337 e. The molecule has 5 heteroatoms. The summed E-state index contributed by atoms with van der Waals surface area (Å²) in [7, 11) is 0. The van der Waals surface area contributed by atoms with E-state index in [9.17, 15) is 4.79 Å². The highest BCUT2D eigenvalue weighted by Gasteiger charge is 2.23. The van der Waals surface area contributed by atoms with Crippen LogP contribution in [-0.2, 0) is 6.54 Å². The van der Waals surface area contributed by atoms with Gasteiger partial charge in [-0.25, -0.2) is 4.98 Å². The van der Waals surface area contributed by atoms with E-state index in [1.165, 1.54) is 11.3 Å². The van der Waals surface area contributed by atoms with E-state index in [0.29, 0.717) is 18.2 Å². The van der Waals surface area contributed by atoms with Gasteiger partial charge in [0.1, 0.15) is 10.7 Å². The van der Waals surface area contributed by atoms with E-state index in [2.05, 4.69) is 11.6 Å². The Labute approximate surface area is 105 Å². The summed E-state index contributed by atoms with van der Waals surface area (Å²) in [6.07, 6.45) is 3.99. The van der Waals surface area contributed by atoms with Crippen LogP contribution in [0.25, 0.3) is 0 Å². The Morgan fingerprint density at radius 3 is 2.88 bits per heavy atom. The molecule has 0 saturated carbocycles. The van der Waals surface area contributed by atoms with Gasteiger partial charge in [-0.15, -0.1) is 17.9 Å². The van der Waals surface area contributed by atoms with Gasteiger partial charge in [-0.2, -0.15) is 0 Å². The van der Waals surface area contributed by atoms with Crippen LogP contribution in [0.1, 0.15) is 28.3 Å². The lowest BCUT2D eigenvalue weighted by Crippen LogP contribution is -2.38. The number of aromatic nitrogens is 1. The molecule has 1 aromatic rings. The summed E-state index contributed by atoms with van der Waals surface area (Å²) in [6, 6.07) is 0. The molecule has 1 aromatic heterocycles. The number of thiazole rings is 1. The lowest BCUT2D eigenvalue weighted by molar-refractivity contribution is 0.0700. The second-order valence-electron chi connectivity index (χ2n) is 4.20. The minimum absolute atomic E-state index is 0.0310. The maximum absolute atomic E-state index is 12.1. The van der Waals surface area contributed by atoms with E-state index in [4.69, 9.17) is 5.73 Å². The molecule has 2 rings (SSSR count). The summed E-state index contributed by atoms with van der Waals surface area (Å²) in [6.45, 7) is 5.79. The first-order chi connectivity index (χ1) is 8.24. The minimum atomic E-state index is 0.0310. The Bertz CT molecular complexity index is 408. The first-order valence-corrected chi connectivity index (χ1v) is 6.69. The minimum Gasteiger partial charge on any atom is -0.337 e. The number of allylic oxidation sites excluding steroid dienone is 1. The van der Waals surface area contributed by atoms with Crippen molar-refractivity contribution < 1.29 is 4.79 Å². The van der Waals surface area contributed by atoms with Crippen molar-refractivity contribution in [3.63, 3.8) is 0 Å². The molecule has 0 bridgehead atoms. The zero-order valence-corrected chi connectivity index (χ0v) is 10.6. The molecular weight excluding hydrogens is 234 g/mol. The van der Waals surface area contributed by atoms with Gasteiger partial charge in [-0.3, -0.25) is 4.79 Å². The van der Waals surface area contributed by atoms with E-state index < -0.39 is 0 Å². The molecule has 0 radical (unpaired) electrons. The number of nitrogens with zero attached hydrogens (tertiary/aromatic N) is 2. The summed E-state index contributed by atoms with van der Waals surface area (Å²) in [4.78, 5) is 18.2. The predicted octanol–water partition coefficient (Wildman–Crippen LogP) is 1.64. The van der Waals surface area contributed by atoms with Crippen LogP contribution >= 0.6 is 11.3 Å². The number of amides is 1. The summed E-state index contributed by atoms with van der Waals surface area (Å²) >= 11 is 1.45. The molecule has 1 amide bonds. The van der Waals surface area contributed by atoms with Gasteiger partial charge in [-0.05, 0) is 18.8 Å². The van der Waals surface area contributed by atoms with Crippen molar-refractivity contribution in [3.8, 4) is 0 Å². The fourth-order valence-electron chi connectivity index (χ4n) is 2.00. The summed E-state index contributed by atoms with van der Waals surface area (Å²) in [5.41, 5.74) is 6.02. The molecule has 0 aliphatic carbocycles. The van der Waals surface area contributed by atoms with Crippen molar-refractivity contribution in [2.45, 2.75) is 19.4 Å². The number of carbonyl (C=O) groups is 1. The molecule has 2 N–H and O–H groups in total. The van der Waals surface area contributed by atoms with Gasteiger partial charge in [0.25, 0.3) is 5.91 Å². The van der Waals surface area contributed by atoms with Gasteiger partial charge >= 0.3 is 0 Å². The van der Waals surface area contributed by atoms with E-state index in [0.717, 1.165) is 30.9 Å². The van der Waals surface area contributed by atoms with Crippen LogP contribution in [0.2, 0.25) is 0 Å². The Kier molecular flexibility index (Phi) is 3.91. The summed E-state index contributed by atoms with van der Waals surface area (Å²) in [5.74, 6) is 0.581. The quantitative estimate of drug-likeness (QED) is 0.831. The molecule has 1 aliphatic rings. The predicted molar refractivity (Wildman–Crippen MR) is 68.8 cm³/mol. The number of rotatable bonds is 3. The lowest BCUT2D eigenvalue weighted by Gasteiger charge is -2.30. The topological polar surface area (TPSA) is 59.2 Å². The summed E-state index contributed by atoms with van der Waals surface area (Å²) < 4.78 is 0.